The minimum atomic E-state index is -0.654. The highest BCUT2D eigenvalue weighted by molar-refractivity contribution is 7.17. The second-order valence-electron chi connectivity index (χ2n) is 6.31. The van der Waals surface area contributed by atoms with Crippen molar-refractivity contribution in [3.63, 3.8) is 0 Å². The van der Waals surface area contributed by atoms with E-state index in [9.17, 15) is 9.59 Å². The third-order valence-electron chi connectivity index (χ3n) is 3.09. The Morgan fingerprint density at radius 2 is 1.92 bits per heavy atom. The van der Waals surface area contributed by atoms with Crippen LogP contribution in [0.5, 0.6) is 0 Å². The lowest BCUT2D eigenvalue weighted by molar-refractivity contribution is 0.00706. The second-order valence-corrected chi connectivity index (χ2v) is 8.47. The summed E-state index contributed by atoms with van der Waals surface area (Å²) in [6, 6.07) is 6.34. The van der Waals surface area contributed by atoms with E-state index in [2.05, 4.69) is 5.32 Å². The summed E-state index contributed by atoms with van der Waals surface area (Å²) in [4.78, 5) is 24.9. The predicted octanol–water partition coefficient (Wildman–Crippen LogP) is 4.52. The van der Waals surface area contributed by atoms with Crippen LogP contribution in [-0.4, -0.2) is 17.5 Å². The molecule has 0 bridgehead atoms. The van der Waals surface area contributed by atoms with Gasteiger partial charge in [-0.2, -0.15) is 0 Å². The van der Waals surface area contributed by atoms with Crippen LogP contribution >= 0.6 is 34.5 Å². The van der Waals surface area contributed by atoms with E-state index in [4.69, 9.17) is 33.7 Å². The van der Waals surface area contributed by atoms with Crippen molar-refractivity contribution in [3.8, 4) is 0 Å². The molecule has 1 heterocycles. The number of esters is 1. The first kappa shape index (κ1) is 19.6. The van der Waals surface area contributed by atoms with E-state index in [1.54, 1.807) is 39.0 Å². The SMILES string of the molecule is CC(C)(C)OC(=O)c1cc(Cl)cc(CNC(=O)c2ccc(Cl)s2)c1N. The van der Waals surface area contributed by atoms with Crippen LogP contribution in [0.15, 0.2) is 24.3 Å². The molecule has 0 aliphatic heterocycles. The molecular weight excluding hydrogens is 383 g/mol. The molecule has 0 unspecified atom stereocenters. The Morgan fingerprint density at radius 1 is 1.24 bits per heavy atom. The predicted molar refractivity (Wildman–Crippen MR) is 102 cm³/mol. The summed E-state index contributed by atoms with van der Waals surface area (Å²) in [5.41, 5.74) is 6.35. The van der Waals surface area contributed by atoms with Crippen molar-refractivity contribution in [2.24, 2.45) is 0 Å². The number of thiophene rings is 1. The van der Waals surface area contributed by atoms with Crippen LogP contribution in [0, 0.1) is 0 Å². The number of carbonyl (C=O) groups excluding carboxylic acids is 2. The van der Waals surface area contributed by atoms with Crippen LogP contribution in [-0.2, 0) is 11.3 Å². The van der Waals surface area contributed by atoms with Crippen molar-refractivity contribution in [2.45, 2.75) is 32.9 Å². The van der Waals surface area contributed by atoms with Gasteiger partial charge in [0.25, 0.3) is 5.91 Å². The van der Waals surface area contributed by atoms with Crippen molar-refractivity contribution >= 4 is 52.1 Å². The Bertz CT molecular complexity index is 813. The third kappa shape index (κ3) is 5.36. The van der Waals surface area contributed by atoms with Gasteiger partial charge in [0.1, 0.15) is 5.60 Å². The number of ether oxygens (including phenoxy) is 1. The number of carbonyl (C=O) groups is 2. The number of rotatable bonds is 4. The van der Waals surface area contributed by atoms with E-state index >= 15 is 0 Å². The number of nitrogens with one attached hydrogen (secondary N) is 1. The van der Waals surface area contributed by atoms with Crippen LogP contribution in [0.4, 0.5) is 5.69 Å². The Balaban J connectivity index is 2.18. The normalized spacial score (nSPS) is 11.2. The largest absolute Gasteiger partial charge is 0.456 e. The van der Waals surface area contributed by atoms with Crippen LogP contribution < -0.4 is 11.1 Å². The first-order valence-corrected chi connectivity index (χ1v) is 8.99. The number of hydrogen-bond acceptors (Lipinski definition) is 5. The van der Waals surface area contributed by atoms with Gasteiger partial charge in [-0.3, -0.25) is 4.79 Å². The molecule has 134 valence electrons. The van der Waals surface area contributed by atoms with Crippen molar-refractivity contribution in [3.05, 3.63) is 49.6 Å². The van der Waals surface area contributed by atoms with Crippen LogP contribution in [0.1, 0.15) is 46.4 Å². The molecule has 1 aromatic carbocycles. The fourth-order valence-electron chi connectivity index (χ4n) is 2.02. The van der Waals surface area contributed by atoms with E-state index in [0.717, 1.165) is 0 Å². The first-order valence-electron chi connectivity index (χ1n) is 7.41. The number of hydrogen-bond donors (Lipinski definition) is 2. The summed E-state index contributed by atoms with van der Waals surface area (Å²) in [5.74, 6) is -0.847. The van der Waals surface area contributed by atoms with Crippen molar-refractivity contribution < 1.29 is 14.3 Å². The zero-order chi connectivity index (χ0) is 18.8. The molecule has 0 saturated carbocycles. The third-order valence-corrected chi connectivity index (χ3v) is 4.53. The number of benzene rings is 1. The van der Waals surface area contributed by atoms with E-state index in [1.807, 2.05) is 0 Å². The minimum Gasteiger partial charge on any atom is -0.456 e. The van der Waals surface area contributed by atoms with E-state index < -0.39 is 11.6 Å². The first-order chi connectivity index (χ1) is 11.6. The van der Waals surface area contributed by atoms with E-state index in [0.29, 0.717) is 19.8 Å². The summed E-state index contributed by atoms with van der Waals surface area (Å²) in [5, 5.41) is 3.07. The molecule has 0 aliphatic carbocycles. The molecule has 1 aromatic heterocycles. The molecule has 0 spiro atoms. The lowest BCUT2D eigenvalue weighted by atomic mass is 10.1. The molecule has 0 aliphatic rings. The zero-order valence-corrected chi connectivity index (χ0v) is 16.3. The quantitative estimate of drug-likeness (QED) is 0.583. The molecule has 3 N–H and O–H groups in total. The molecule has 0 fully saturated rings. The number of amides is 1. The van der Waals surface area contributed by atoms with E-state index in [1.165, 1.54) is 17.4 Å². The molecule has 8 heteroatoms. The summed E-state index contributed by atoms with van der Waals surface area (Å²) >= 11 is 13.1. The molecule has 1 amide bonds. The van der Waals surface area contributed by atoms with E-state index in [-0.39, 0.29) is 23.7 Å². The zero-order valence-electron chi connectivity index (χ0n) is 14.0. The van der Waals surface area contributed by atoms with Crippen LogP contribution in [0.3, 0.4) is 0 Å². The van der Waals surface area contributed by atoms with Gasteiger partial charge in [0, 0.05) is 11.6 Å². The van der Waals surface area contributed by atoms with Gasteiger partial charge in [0.15, 0.2) is 0 Å². The maximum atomic E-state index is 12.3. The molecule has 2 rings (SSSR count). The van der Waals surface area contributed by atoms with Crippen molar-refractivity contribution in [1.82, 2.24) is 5.32 Å². The van der Waals surface area contributed by atoms with Crippen LogP contribution in [0.25, 0.3) is 0 Å². The molecule has 0 saturated heterocycles. The minimum absolute atomic E-state index is 0.122. The molecule has 5 nitrogen and oxygen atoms in total. The van der Waals surface area contributed by atoms with Crippen molar-refractivity contribution in [1.29, 1.82) is 0 Å². The van der Waals surface area contributed by atoms with Gasteiger partial charge in [0.05, 0.1) is 20.5 Å². The highest BCUT2D eigenvalue weighted by Gasteiger charge is 2.22. The molecule has 0 atom stereocenters. The summed E-state index contributed by atoms with van der Waals surface area (Å²) in [6.45, 7) is 5.41. The molecule has 2 aromatic rings. The Labute approximate surface area is 160 Å². The fraction of sp³-hybridized carbons (Fsp3) is 0.294. The number of halogens is 2. The highest BCUT2D eigenvalue weighted by Crippen LogP contribution is 2.26. The lowest BCUT2D eigenvalue weighted by Gasteiger charge is -2.21. The average Bonchev–Trinajstić information content (AvgIpc) is 2.92. The molecular formula is C17H18Cl2N2O3S. The maximum absolute atomic E-state index is 12.3. The average molecular weight is 401 g/mol. The van der Waals surface area contributed by atoms with Gasteiger partial charge in [0.2, 0.25) is 0 Å². The number of nitrogen functional groups attached to an aromatic ring is 1. The topological polar surface area (TPSA) is 81.4 Å². The van der Waals surface area contributed by atoms with Gasteiger partial charge in [-0.15, -0.1) is 11.3 Å². The standard InChI is InChI=1S/C17H18Cl2N2O3S/c1-17(2,3)24-16(23)11-7-10(18)6-9(14(11)20)8-21-15(22)12-4-5-13(19)25-12/h4-7H,8,20H2,1-3H3,(H,21,22). The summed E-state index contributed by atoms with van der Waals surface area (Å²) in [7, 11) is 0. The Kier molecular flexibility index (Phi) is 5.98. The fourth-order valence-corrected chi connectivity index (χ4v) is 3.22. The second kappa shape index (κ2) is 7.64. The number of nitrogens with two attached hydrogens (primary N) is 1. The maximum Gasteiger partial charge on any atom is 0.340 e. The van der Waals surface area contributed by atoms with Gasteiger partial charge < -0.3 is 15.8 Å². The summed E-state index contributed by atoms with van der Waals surface area (Å²) in [6.07, 6.45) is 0. The van der Waals surface area contributed by atoms with Gasteiger partial charge in [-0.05, 0) is 50.6 Å². The lowest BCUT2D eigenvalue weighted by Crippen LogP contribution is -2.26. The molecule has 0 radical (unpaired) electrons. The Hall–Kier alpha value is -1.76. The van der Waals surface area contributed by atoms with Crippen molar-refractivity contribution in [2.75, 3.05) is 5.73 Å². The molecule has 25 heavy (non-hydrogen) atoms. The van der Waals surface area contributed by atoms with Gasteiger partial charge in [-0.25, -0.2) is 4.79 Å². The monoisotopic (exact) mass is 400 g/mol. The Morgan fingerprint density at radius 3 is 2.48 bits per heavy atom. The van der Waals surface area contributed by atoms with Gasteiger partial charge >= 0.3 is 5.97 Å². The smallest absolute Gasteiger partial charge is 0.340 e. The highest BCUT2D eigenvalue weighted by atomic mass is 35.5. The number of anilines is 1. The summed E-state index contributed by atoms with van der Waals surface area (Å²) < 4.78 is 5.86. The van der Waals surface area contributed by atoms with Gasteiger partial charge in [-0.1, -0.05) is 23.2 Å². The van der Waals surface area contributed by atoms with Crippen LogP contribution in [0.2, 0.25) is 9.36 Å².